The second-order valence-corrected chi connectivity index (χ2v) is 5.53. The average molecular weight is 209 g/mol. The molecule has 1 aromatic heterocycles. The van der Waals surface area contributed by atoms with E-state index >= 15 is 0 Å². The zero-order chi connectivity index (χ0) is 9.97. The first-order valence-electron chi connectivity index (χ1n) is 5.55. The van der Waals surface area contributed by atoms with Crippen molar-refractivity contribution in [2.45, 2.75) is 38.5 Å². The van der Waals surface area contributed by atoms with E-state index in [1.165, 1.54) is 30.6 Å². The van der Waals surface area contributed by atoms with Gasteiger partial charge in [0.1, 0.15) is 0 Å². The lowest BCUT2D eigenvalue weighted by Gasteiger charge is -2.13. The van der Waals surface area contributed by atoms with Gasteiger partial charge in [0.05, 0.1) is 0 Å². The summed E-state index contributed by atoms with van der Waals surface area (Å²) in [6.45, 7) is 3.38. The van der Waals surface area contributed by atoms with Crippen LogP contribution in [0.5, 0.6) is 0 Å². The lowest BCUT2D eigenvalue weighted by molar-refractivity contribution is 0.571. The third-order valence-corrected chi connectivity index (χ3v) is 4.29. The highest BCUT2D eigenvalue weighted by atomic mass is 32.1. The van der Waals surface area contributed by atoms with Crippen molar-refractivity contribution in [1.29, 1.82) is 0 Å². The zero-order valence-electron chi connectivity index (χ0n) is 9.10. The SMILES string of the molecule is CNCC1CCCCc2cc(C)sc21. The van der Waals surface area contributed by atoms with E-state index in [0.717, 1.165) is 12.5 Å². The second-order valence-electron chi connectivity index (χ2n) is 4.25. The van der Waals surface area contributed by atoms with Crippen molar-refractivity contribution in [3.63, 3.8) is 0 Å². The van der Waals surface area contributed by atoms with Gasteiger partial charge in [-0.05, 0) is 44.9 Å². The molecule has 1 N–H and O–H groups in total. The summed E-state index contributed by atoms with van der Waals surface area (Å²) >= 11 is 2.01. The van der Waals surface area contributed by atoms with E-state index in [-0.39, 0.29) is 0 Å². The maximum absolute atomic E-state index is 3.32. The highest BCUT2D eigenvalue weighted by Crippen LogP contribution is 2.35. The number of rotatable bonds is 2. The van der Waals surface area contributed by atoms with E-state index in [4.69, 9.17) is 0 Å². The minimum Gasteiger partial charge on any atom is -0.319 e. The van der Waals surface area contributed by atoms with E-state index in [0.29, 0.717) is 0 Å². The molecule has 2 rings (SSSR count). The van der Waals surface area contributed by atoms with Crippen LogP contribution in [-0.2, 0) is 6.42 Å². The highest BCUT2D eigenvalue weighted by molar-refractivity contribution is 7.12. The minimum atomic E-state index is 0.774. The van der Waals surface area contributed by atoms with Gasteiger partial charge in [0.25, 0.3) is 0 Å². The largest absolute Gasteiger partial charge is 0.319 e. The predicted molar refractivity (Wildman–Crippen MR) is 63.3 cm³/mol. The van der Waals surface area contributed by atoms with Crippen LogP contribution in [0.1, 0.15) is 40.5 Å². The monoisotopic (exact) mass is 209 g/mol. The molecule has 1 aliphatic rings. The molecule has 0 amide bonds. The van der Waals surface area contributed by atoms with E-state index < -0.39 is 0 Å². The molecule has 1 aliphatic carbocycles. The molecule has 1 atom stereocenters. The fourth-order valence-electron chi connectivity index (χ4n) is 2.40. The molecule has 0 fully saturated rings. The molecule has 0 saturated carbocycles. The van der Waals surface area contributed by atoms with Crippen LogP contribution in [0, 0.1) is 6.92 Å². The molecule has 0 aliphatic heterocycles. The van der Waals surface area contributed by atoms with Crippen LogP contribution in [-0.4, -0.2) is 13.6 Å². The number of hydrogen-bond donors (Lipinski definition) is 1. The molecule has 0 aromatic carbocycles. The Morgan fingerprint density at radius 2 is 2.36 bits per heavy atom. The van der Waals surface area contributed by atoms with Crippen LogP contribution < -0.4 is 5.32 Å². The van der Waals surface area contributed by atoms with Gasteiger partial charge in [-0.2, -0.15) is 0 Å². The summed E-state index contributed by atoms with van der Waals surface area (Å²) in [5, 5.41) is 3.32. The summed E-state index contributed by atoms with van der Waals surface area (Å²) in [5.74, 6) is 0.774. The van der Waals surface area contributed by atoms with Gasteiger partial charge in [-0.1, -0.05) is 6.42 Å². The van der Waals surface area contributed by atoms with E-state index in [2.05, 4.69) is 25.4 Å². The van der Waals surface area contributed by atoms with E-state index in [9.17, 15) is 0 Å². The van der Waals surface area contributed by atoms with Gasteiger partial charge in [0.15, 0.2) is 0 Å². The lowest BCUT2D eigenvalue weighted by Crippen LogP contribution is -2.16. The van der Waals surface area contributed by atoms with Gasteiger partial charge in [-0.15, -0.1) is 11.3 Å². The standard InChI is InChI=1S/C12H19NS/c1-9-7-10-5-3-4-6-11(8-13-2)12(10)14-9/h7,11,13H,3-6,8H2,1-2H3. The molecular weight excluding hydrogens is 190 g/mol. The van der Waals surface area contributed by atoms with Gasteiger partial charge in [0.2, 0.25) is 0 Å². The van der Waals surface area contributed by atoms with Crippen molar-refractivity contribution in [3.05, 3.63) is 21.4 Å². The molecule has 1 heterocycles. The normalized spacial score (nSPS) is 21.7. The van der Waals surface area contributed by atoms with Crippen molar-refractivity contribution in [1.82, 2.24) is 5.32 Å². The summed E-state index contributed by atoms with van der Waals surface area (Å²) < 4.78 is 0. The molecule has 1 unspecified atom stereocenters. The molecule has 0 saturated heterocycles. The quantitative estimate of drug-likeness (QED) is 0.738. The third-order valence-electron chi connectivity index (χ3n) is 3.03. The summed E-state index contributed by atoms with van der Waals surface area (Å²) in [7, 11) is 2.06. The Morgan fingerprint density at radius 3 is 3.14 bits per heavy atom. The number of likely N-dealkylation sites (N-methyl/N-ethyl adjacent to an activating group) is 1. The Labute approximate surface area is 90.5 Å². The van der Waals surface area contributed by atoms with Crippen LogP contribution in [0.2, 0.25) is 0 Å². The summed E-state index contributed by atoms with van der Waals surface area (Å²) in [4.78, 5) is 3.15. The van der Waals surface area contributed by atoms with Crippen LogP contribution >= 0.6 is 11.3 Å². The van der Waals surface area contributed by atoms with Gasteiger partial charge in [-0.3, -0.25) is 0 Å². The second kappa shape index (κ2) is 4.45. The molecule has 0 bridgehead atoms. The first kappa shape index (κ1) is 10.2. The first-order chi connectivity index (χ1) is 6.81. The topological polar surface area (TPSA) is 12.0 Å². The highest BCUT2D eigenvalue weighted by Gasteiger charge is 2.20. The van der Waals surface area contributed by atoms with E-state index in [1.807, 2.05) is 11.3 Å². The van der Waals surface area contributed by atoms with Gasteiger partial charge >= 0.3 is 0 Å². The maximum Gasteiger partial charge on any atom is 0.0124 e. The van der Waals surface area contributed by atoms with Crippen LogP contribution in [0.15, 0.2) is 6.07 Å². The molecule has 78 valence electrons. The number of thiophene rings is 1. The first-order valence-corrected chi connectivity index (χ1v) is 6.36. The Kier molecular flexibility index (Phi) is 3.24. The predicted octanol–water partition coefficient (Wildman–Crippen LogP) is 3.09. The number of fused-ring (bicyclic) bond motifs is 1. The van der Waals surface area contributed by atoms with Crippen molar-refractivity contribution in [2.24, 2.45) is 0 Å². The smallest absolute Gasteiger partial charge is 0.0124 e. The Balaban J connectivity index is 2.26. The fraction of sp³-hybridized carbons (Fsp3) is 0.667. The van der Waals surface area contributed by atoms with Crippen LogP contribution in [0.25, 0.3) is 0 Å². The average Bonchev–Trinajstić information content (AvgIpc) is 2.43. The molecular formula is C12H19NS. The van der Waals surface area contributed by atoms with Crippen LogP contribution in [0.3, 0.4) is 0 Å². The number of aryl methyl sites for hydroxylation is 2. The van der Waals surface area contributed by atoms with Crippen molar-refractivity contribution in [2.75, 3.05) is 13.6 Å². The summed E-state index contributed by atoms with van der Waals surface area (Å²) in [6.07, 6.45) is 5.45. The van der Waals surface area contributed by atoms with E-state index in [1.54, 1.807) is 10.4 Å². The number of hydrogen-bond acceptors (Lipinski definition) is 2. The Bertz CT molecular complexity index is 303. The minimum absolute atomic E-state index is 0.774. The van der Waals surface area contributed by atoms with Gasteiger partial charge < -0.3 is 5.32 Å². The molecule has 14 heavy (non-hydrogen) atoms. The van der Waals surface area contributed by atoms with Crippen molar-refractivity contribution < 1.29 is 0 Å². The number of nitrogens with one attached hydrogen (secondary N) is 1. The fourth-order valence-corrected chi connectivity index (χ4v) is 3.61. The molecule has 2 heteroatoms. The summed E-state index contributed by atoms with van der Waals surface area (Å²) in [5.41, 5.74) is 1.63. The van der Waals surface area contributed by atoms with Gasteiger partial charge in [-0.25, -0.2) is 0 Å². The molecule has 0 spiro atoms. The third kappa shape index (κ3) is 2.01. The molecule has 0 radical (unpaired) electrons. The molecule has 1 nitrogen and oxygen atoms in total. The summed E-state index contributed by atoms with van der Waals surface area (Å²) in [6, 6.07) is 2.40. The molecule has 1 aromatic rings. The van der Waals surface area contributed by atoms with Crippen molar-refractivity contribution in [3.8, 4) is 0 Å². The maximum atomic E-state index is 3.32. The van der Waals surface area contributed by atoms with Crippen LogP contribution in [0.4, 0.5) is 0 Å². The Morgan fingerprint density at radius 1 is 1.50 bits per heavy atom. The lowest BCUT2D eigenvalue weighted by atomic mass is 10.0. The Hall–Kier alpha value is -0.340. The zero-order valence-corrected chi connectivity index (χ0v) is 9.91. The van der Waals surface area contributed by atoms with Crippen molar-refractivity contribution >= 4 is 11.3 Å². The van der Waals surface area contributed by atoms with Gasteiger partial charge in [0, 0.05) is 22.2 Å².